The topological polar surface area (TPSA) is 476 Å². The van der Waals surface area contributed by atoms with Crippen LogP contribution >= 0.6 is 11.6 Å². The van der Waals surface area contributed by atoms with E-state index in [1.807, 2.05) is 58.9 Å². The normalized spacial score (nSPS) is 16.9. The molecule has 149 heavy (non-hydrogen) atoms. The van der Waals surface area contributed by atoms with Gasteiger partial charge in [-0.05, 0) is 92.7 Å². The summed E-state index contributed by atoms with van der Waals surface area (Å²) in [7, 11) is 4.65. The lowest BCUT2D eigenvalue weighted by Gasteiger charge is -2.29. The Morgan fingerprint density at radius 3 is 1.23 bits per heavy atom. The number of ether oxygens (including phenoxy) is 28. The summed E-state index contributed by atoms with van der Waals surface area (Å²) in [4.78, 5) is 122. The summed E-state index contributed by atoms with van der Waals surface area (Å²) in [6.07, 6.45) is 2.66. The van der Waals surface area contributed by atoms with E-state index in [0.717, 1.165) is 11.1 Å². The molecule has 5 N–H and O–H groups in total. The van der Waals surface area contributed by atoms with Gasteiger partial charge < -0.3 is 159 Å². The van der Waals surface area contributed by atoms with Gasteiger partial charge in [0.25, 0.3) is 0 Å². The van der Waals surface area contributed by atoms with Gasteiger partial charge >= 0.3 is 11.9 Å². The zero-order valence-electron chi connectivity index (χ0n) is 90.3. The number of carbonyl (C=O) groups excluding carboxylic acids is 9. The molecule has 2 aliphatic rings. The van der Waals surface area contributed by atoms with Crippen molar-refractivity contribution in [2.75, 3.05) is 345 Å². The van der Waals surface area contributed by atoms with Gasteiger partial charge in [-0.15, -0.1) is 0 Å². The van der Waals surface area contributed by atoms with Crippen molar-refractivity contribution in [3.63, 3.8) is 0 Å². The number of aryl methyl sites for hydroxylation is 1. The second-order valence-corrected chi connectivity index (χ2v) is 36.8. The average Bonchev–Trinajstić information content (AvgIpc) is 1.63. The van der Waals surface area contributed by atoms with E-state index in [-0.39, 0.29) is 106 Å². The van der Waals surface area contributed by atoms with Crippen molar-refractivity contribution in [3.8, 4) is 5.75 Å². The van der Waals surface area contributed by atoms with Crippen molar-refractivity contribution in [1.29, 1.82) is 0 Å². The Labute approximate surface area is 887 Å². The number of epoxide rings is 1. The van der Waals surface area contributed by atoms with Gasteiger partial charge in [-0.2, -0.15) is 0 Å². The second-order valence-electron chi connectivity index (χ2n) is 36.4. The smallest absolute Gasteiger partial charge is 0.347 e. The molecule has 2 heterocycles. The van der Waals surface area contributed by atoms with E-state index >= 15 is 0 Å². The minimum atomic E-state index is -1.30. The molecule has 8 atom stereocenters. The molecule has 4 rings (SSSR count). The third-order valence-electron chi connectivity index (χ3n) is 23.0. The van der Waals surface area contributed by atoms with Gasteiger partial charge in [0.05, 0.1) is 340 Å². The molecule has 0 spiro atoms. The van der Waals surface area contributed by atoms with Crippen molar-refractivity contribution in [2.24, 2.45) is 29.1 Å². The number of nitrogens with one attached hydrogen (secondary N) is 5. The van der Waals surface area contributed by atoms with Gasteiger partial charge in [-0.1, -0.05) is 89.0 Å². The Balaban J connectivity index is 0.936. The lowest BCUT2D eigenvalue weighted by atomic mass is 9.85. The van der Waals surface area contributed by atoms with Gasteiger partial charge in [-0.3, -0.25) is 38.4 Å². The lowest BCUT2D eigenvalue weighted by molar-refractivity contribution is -0.179. The third kappa shape index (κ3) is 70.8. The van der Waals surface area contributed by atoms with Crippen LogP contribution in [-0.2, 0) is 184 Å². The first-order chi connectivity index (χ1) is 72.5. The molecular formula is C106H178ClN5O37. The number of Topliss-reactive ketones (excluding diaryl/α,β-unsaturated/α-hetero) is 2. The number of methoxy groups -OCH3 is 2. The van der Waals surface area contributed by atoms with Gasteiger partial charge in [0.15, 0.2) is 11.9 Å². The molecule has 5 amide bonds. The molecule has 0 aliphatic carbocycles. The summed E-state index contributed by atoms with van der Waals surface area (Å²) < 4.78 is 156. The van der Waals surface area contributed by atoms with Crippen molar-refractivity contribution < 1.29 is 176 Å². The Kier molecular flexibility index (Phi) is 81.2. The highest BCUT2D eigenvalue weighted by Gasteiger charge is 2.48. The molecule has 42 nitrogen and oxygen atoms in total. The first kappa shape index (κ1) is 134. The summed E-state index contributed by atoms with van der Waals surface area (Å²) >= 11 is 6.43. The molecule has 1 saturated heterocycles. The monoisotopic (exact) mass is 2150 g/mol. The molecule has 0 saturated carbocycles. The molecule has 0 bridgehead atoms. The van der Waals surface area contributed by atoms with E-state index in [4.69, 9.17) is 144 Å². The van der Waals surface area contributed by atoms with E-state index in [1.165, 1.54) is 20.2 Å². The fourth-order valence-electron chi connectivity index (χ4n) is 14.4. The summed E-state index contributed by atoms with van der Waals surface area (Å²) in [5, 5.41) is 14.2. The van der Waals surface area contributed by atoms with Gasteiger partial charge in [0, 0.05) is 84.0 Å². The van der Waals surface area contributed by atoms with Crippen molar-refractivity contribution in [3.05, 3.63) is 76.3 Å². The Morgan fingerprint density at radius 2 is 0.852 bits per heavy atom. The number of ketones is 2. The third-order valence-corrected chi connectivity index (χ3v) is 23.3. The number of carbonyl (C=O) groups is 9. The molecule has 0 radical (unpaired) electrons. The molecule has 856 valence electrons. The summed E-state index contributed by atoms with van der Waals surface area (Å²) in [6.45, 7) is 33.9. The molecule has 2 aromatic carbocycles. The predicted octanol–water partition coefficient (Wildman–Crippen LogP) is 6.96. The van der Waals surface area contributed by atoms with Crippen molar-refractivity contribution in [1.82, 2.24) is 26.6 Å². The van der Waals surface area contributed by atoms with Crippen molar-refractivity contribution >= 4 is 64.6 Å². The molecule has 0 aromatic heterocycles. The number of esters is 2. The predicted molar refractivity (Wildman–Crippen MR) is 550 cm³/mol. The zero-order valence-corrected chi connectivity index (χ0v) is 91.0. The number of unbranched alkanes of at least 4 members (excludes halogenated alkanes) is 1. The van der Waals surface area contributed by atoms with Gasteiger partial charge in [0.2, 0.25) is 29.5 Å². The van der Waals surface area contributed by atoms with Crippen LogP contribution in [0.3, 0.4) is 0 Å². The van der Waals surface area contributed by atoms with Crippen molar-refractivity contribution in [2.45, 2.75) is 168 Å². The maximum absolute atomic E-state index is 14.3. The number of cyclic esters (lactones) is 2. The molecule has 0 unspecified atom stereocenters. The minimum absolute atomic E-state index is 0.0507. The van der Waals surface area contributed by atoms with E-state index in [9.17, 15) is 43.2 Å². The highest BCUT2D eigenvalue weighted by atomic mass is 35.5. The highest BCUT2D eigenvalue weighted by Crippen LogP contribution is 2.45. The van der Waals surface area contributed by atoms with Crippen LogP contribution in [0.15, 0.2) is 54.6 Å². The number of amides is 5. The molecule has 1 fully saturated rings. The number of halogens is 1. The SMILES string of the molecule is CNC(=O)CCCC(=O)N[C@H](C(=O)C[C@@H](CCCCNC(=O)CCOCCOCCOCCOCCOCCOCCOCCOCCOCCOCCOCCOCCOCCOCCOCCOCCOCCOCCOCCOCCOCCOCCOCCOC)C(=O)CCc1ccc([C@H]2O[C@@H]2[C@@H](C)[C@@H]2C/C=C/C(=O)N[C@H](Cc3ccc(OC)c(Cl)c3)C(=O)NCC(C)(C)C(=O)O[C@@H](CC(C)C)C(=O)O2)cc1)C(C)C. The molecule has 43 heteroatoms. The minimum Gasteiger partial charge on any atom is -0.495 e. The molecule has 2 aromatic rings. The van der Waals surface area contributed by atoms with Crippen LogP contribution in [0, 0.1) is 29.1 Å². The maximum atomic E-state index is 14.3. The maximum Gasteiger partial charge on any atom is 0.347 e. The standard InChI is InChI=1S/C106H178ClN5O37/c1-82(2)77-95-104(120)147-93(16-13-18-98(117)111-90(79-86-23-27-94(123-10)89(107)78-86)103(119)110-81-106(6,7)105(121)148-95)84(5)101-102(149-101)87-24-20-85(21-25-87)22-26-91(113)88(80-92(114)100(83(3)4)112-99(118)19-14-17-96(115)108-8)15-11-12-29-109-97(116)28-30-124-33-34-126-37-38-128-41-42-130-45-46-132-49-50-134-53-54-136-57-58-138-61-62-140-65-66-142-69-70-144-73-74-146-76-75-145-72-71-143-68-67-141-64-63-139-60-59-137-56-55-135-52-51-133-48-47-131-44-43-129-40-39-127-36-35-125-32-31-122-9/h13,18,20-21,23-25,27,78,82-84,88,90,93,95,100-102H,11-12,14-17,19,22,26,28-77,79-81H2,1-10H3,(H,108,115)(H,109,116)(H,110,119)(H,111,117)(H,112,118)/b18-13+/t84-,88+,90+,93-,95-,100-,101+,102+/m0/s1. The number of hydrogen-bond acceptors (Lipinski definition) is 37. The van der Waals surface area contributed by atoms with E-state index < -0.39 is 77.5 Å². The van der Waals surface area contributed by atoms with Gasteiger partial charge in [-0.25, -0.2) is 4.79 Å². The second kappa shape index (κ2) is 90.2. The fraction of sp³-hybridized carbons (Fsp3) is 0.783. The van der Waals surface area contributed by atoms with E-state index in [0.29, 0.717) is 359 Å². The van der Waals surface area contributed by atoms with Crippen LogP contribution in [-0.4, -0.2) is 428 Å². The fourth-order valence-corrected chi connectivity index (χ4v) is 14.7. The first-order valence-electron chi connectivity index (χ1n) is 52.8. The average molecular weight is 2150 g/mol. The molecule has 2 aliphatic heterocycles. The zero-order chi connectivity index (χ0) is 108. The largest absolute Gasteiger partial charge is 0.495 e. The van der Waals surface area contributed by atoms with Crippen LogP contribution < -0.4 is 31.3 Å². The lowest BCUT2D eigenvalue weighted by Crippen LogP contribution is -2.51. The van der Waals surface area contributed by atoms with E-state index in [2.05, 4.69) is 26.6 Å². The number of rotatable bonds is 98. The summed E-state index contributed by atoms with van der Waals surface area (Å²) in [5.41, 5.74) is 1.04. The Bertz CT molecular complexity index is 3790. The molecular weight excluding hydrogens is 1970 g/mol. The Hall–Kier alpha value is -7.10. The van der Waals surface area contributed by atoms with Crippen LogP contribution in [0.25, 0.3) is 0 Å². The Morgan fingerprint density at radius 1 is 0.456 bits per heavy atom. The summed E-state index contributed by atoms with van der Waals surface area (Å²) in [5.74, 6) is -4.80. The number of hydrogen-bond donors (Lipinski definition) is 5. The van der Waals surface area contributed by atoms with E-state index in [1.54, 1.807) is 45.2 Å². The van der Waals surface area contributed by atoms with Crippen LogP contribution in [0.2, 0.25) is 5.02 Å². The van der Waals surface area contributed by atoms with Crippen LogP contribution in [0.5, 0.6) is 5.75 Å². The van der Waals surface area contributed by atoms with Crippen LogP contribution in [0.4, 0.5) is 0 Å². The van der Waals surface area contributed by atoms with Gasteiger partial charge in [0.1, 0.15) is 29.8 Å². The highest BCUT2D eigenvalue weighted by molar-refractivity contribution is 6.32. The number of benzene rings is 2. The van der Waals surface area contributed by atoms with Crippen LogP contribution in [0.1, 0.15) is 142 Å². The first-order valence-corrected chi connectivity index (χ1v) is 53.2. The summed E-state index contributed by atoms with van der Waals surface area (Å²) in [6, 6.07) is 10.8. The quantitative estimate of drug-likeness (QED) is 0.0254.